The number of carbonyl (C=O) groups excluding carboxylic acids is 1. The largest absolute Gasteiger partial charge is 0.494 e. The van der Waals surface area contributed by atoms with E-state index in [0.29, 0.717) is 17.1 Å². The van der Waals surface area contributed by atoms with Crippen LogP contribution in [0.4, 0.5) is 11.4 Å². The van der Waals surface area contributed by atoms with Crippen LogP contribution in [0.15, 0.2) is 30.6 Å². The first-order valence-corrected chi connectivity index (χ1v) is 7.03. The SMILES string of the molecule is COc1cc(N)ccc1NC(=O)C(C)n1cc(I)cn1. The van der Waals surface area contributed by atoms with Crippen molar-refractivity contribution in [3.8, 4) is 5.75 Å². The molecular weight excluding hydrogens is 371 g/mol. The van der Waals surface area contributed by atoms with Gasteiger partial charge in [0.05, 0.1) is 22.6 Å². The number of anilines is 2. The minimum Gasteiger partial charge on any atom is -0.494 e. The van der Waals surface area contributed by atoms with E-state index in [4.69, 9.17) is 10.5 Å². The second-order valence-electron chi connectivity index (χ2n) is 4.26. The first kappa shape index (κ1) is 14.6. The molecule has 0 aliphatic carbocycles. The first-order chi connectivity index (χ1) is 9.51. The molecular formula is C13H15IN4O2. The highest BCUT2D eigenvalue weighted by Crippen LogP contribution is 2.27. The Hall–Kier alpha value is -1.77. The molecule has 2 rings (SSSR count). The number of nitrogens with zero attached hydrogens (tertiary/aromatic N) is 2. The summed E-state index contributed by atoms with van der Waals surface area (Å²) in [6.45, 7) is 1.78. The zero-order valence-electron chi connectivity index (χ0n) is 11.1. The van der Waals surface area contributed by atoms with E-state index in [0.717, 1.165) is 3.57 Å². The fourth-order valence-electron chi connectivity index (χ4n) is 1.70. The predicted octanol–water partition coefficient (Wildman–Crippen LogP) is 2.28. The van der Waals surface area contributed by atoms with Crippen molar-refractivity contribution >= 4 is 39.9 Å². The van der Waals surface area contributed by atoms with E-state index >= 15 is 0 Å². The molecule has 7 heteroatoms. The summed E-state index contributed by atoms with van der Waals surface area (Å²) in [7, 11) is 1.53. The van der Waals surface area contributed by atoms with Crippen molar-refractivity contribution in [1.82, 2.24) is 9.78 Å². The van der Waals surface area contributed by atoms with E-state index in [1.54, 1.807) is 36.0 Å². The summed E-state index contributed by atoms with van der Waals surface area (Å²) >= 11 is 2.15. The van der Waals surface area contributed by atoms with Crippen molar-refractivity contribution in [2.24, 2.45) is 0 Å². The number of hydrogen-bond donors (Lipinski definition) is 2. The van der Waals surface area contributed by atoms with Crippen LogP contribution in [0.5, 0.6) is 5.75 Å². The Kier molecular flexibility index (Phi) is 4.48. The molecule has 0 bridgehead atoms. The van der Waals surface area contributed by atoms with E-state index in [2.05, 4.69) is 33.0 Å². The molecule has 0 spiro atoms. The molecule has 0 saturated heterocycles. The predicted molar refractivity (Wildman–Crippen MR) is 85.7 cm³/mol. The van der Waals surface area contributed by atoms with Gasteiger partial charge in [0.1, 0.15) is 11.8 Å². The number of nitrogen functional groups attached to an aromatic ring is 1. The molecule has 1 aromatic carbocycles. The van der Waals surface area contributed by atoms with Crippen LogP contribution in [0.2, 0.25) is 0 Å². The zero-order chi connectivity index (χ0) is 14.7. The monoisotopic (exact) mass is 386 g/mol. The van der Waals surface area contributed by atoms with Crippen molar-refractivity contribution in [3.63, 3.8) is 0 Å². The van der Waals surface area contributed by atoms with Gasteiger partial charge in [-0.15, -0.1) is 0 Å². The van der Waals surface area contributed by atoms with Crippen LogP contribution >= 0.6 is 22.6 Å². The number of halogens is 1. The molecule has 0 radical (unpaired) electrons. The number of carbonyl (C=O) groups is 1. The standard InChI is InChI=1S/C13H15IN4O2/c1-8(18-7-9(14)6-16-18)13(19)17-11-4-3-10(15)5-12(11)20-2/h3-8H,15H2,1-2H3,(H,17,19). The molecule has 0 aliphatic heterocycles. The lowest BCUT2D eigenvalue weighted by Crippen LogP contribution is -2.24. The van der Waals surface area contributed by atoms with Crippen LogP contribution < -0.4 is 15.8 Å². The van der Waals surface area contributed by atoms with Crippen molar-refractivity contribution in [2.75, 3.05) is 18.2 Å². The zero-order valence-corrected chi connectivity index (χ0v) is 13.3. The van der Waals surface area contributed by atoms with Crippen molar-refractivity contribution in [2.45, 2.75) is 13.0 Å². The molecule has 6 nitrogen and oxygen atoms in total. The molecule has 0 aliphatic rings. The number of benzene rings is 1. The number of hydrogen-bond acceptors (Lipinski definition) is 4. The number of rotatable bonds is 4. The maximum Gasteiger partial charge on any atom is 0.249 e. The molecule has 1 aromatic heterocycles. The van der Waals surface area contributed by atoms with Gasteiger partial charge in [0, 0.05) is 18.0 Å². The van der Waals surface area contributed by atoms with Crippen LogP contribution in [0.1, 0.15) is 13.0 Å². The van der Waals surface area contributed by atoms with Crippen molar-refractivity contribution in [3.05, 3.63) is 34.2 Å². The maximum absolute atomic E-state index is 12.2. The summed E-state index contributed by atoms with van der Waals surface area (Å²) in [6.07, 6.45) is 3.51. The van der Waals surface area contributed by atoms with Crippen molar-refractivity contribution in [1.29, 1.82) is 0 Å². The van der Waals surface area contributed by atoms with E-state index in [9.17, 15) is 4.79 Å². The minimum absolute atomic E-state index is 0.174. The minimum atomic E-state index is -0.416. The molecule has 20 heavy (non-hydrogen) atoms. The Balaban J connectivity index is 2.15. The Labute approximate surface area is 130 Å². The quantitative estimate of drug-likeness (QED) is 0.624. The van der Waals surface area contributed by atoms with Gasteiger partial charge in [-0.3, -0.25) is 9.48 Å². The second kappa shape index (κ2) is 6.12. The van der Waals surface area contributed by atoms with Gasteiger partial charge in [-0.1, -0.05) is 0 Å². The summed E-state index contributed by atoms with van der Waals surface area (Å²) in [6, 6.07) is 4.67. The van der Waals surface area contributed by atoms with Crippen LogP contribution in [-0.2, 0) is 4.79 Å². The smallest absolute Gasteiger partial charge is 0.249 e. The van der Waals surface area contributed by atoms with Gasteiger partial charge >= 0.3 is 0 Å². The number of nitrogens with one attached hydrogen (secondary N) is 1. The third kappa shape index (κ3) is 3.21. The number of aromatic nitrogens is 2. The molecule has 106 valence electrons. The van der Waals surface area contributed by atoms with E-state index in [1.165, 1.54) is 7.11 Å². The Bertz CT molecular complexity index is 627. The molecule has 1 atom stereocenters. The Morgan fingerprint density at radius 3 is 2.90 bits per heavy atom. The number of nitrogens with two attached hydrogens (primary N) is 1. The van der Waals surface area contributed by atoms with Gasteiger partial charge in [-0.2, -0.15) is 5.10 Å². The molecule has 3 N–H and O–H groups in total. The summed E-state index contributed by atoms with van der Waals surface area (Å²) in [5, 5.41) is 6.95. The van der Waals surface area contributed by atoms with Gasteiger partial charge in [0.2, 0.25) is 5.91 Å². The summed E-state index contributed by atoms with van der Waals surface area (Å²) in [4.78, 5) is 12.2. The highest BCUT2D eigenvalue weighted by Gasteiger charge is 2.17. The second-order valence-corrected chi connectivity index (χ2v) is 5.51. The molecule has 2 aromatic rings. The van der Waals surface area contributed by atoms with Gasteiger partial charge in [-0.25, -0.2) is 0 Å². The highest BCUT2D eigenvalue weighted by molar-refractivity contribution is 14.1. The average molecular weight is 386 g/mol. The maximum atomic E-state index is 12.2. The fraction of sp³-hybridized carbons (Fsp3) is 0.231. The van der Waals surface area contributed by atoms with Crippen molar-refractivity contribution < 1.29 is 9.53 Å². The van der Waals surface area contributed by atoms with E-state index < -0.39 is 6.04 Å². The summed E-state index contributed by atoms with van der Waals surface area (Å²) in [5.74, 6) is 0.355. The molecule has 0 fully saturated rings. The summed E-state index contributed by atoms with van der Waals surface area (Å²) < 4.78 is 7.79. The third-order valence-electron chi connectivity index (χ3n) is 2.83. The summed E-state index contributed by atoms with van der Waals surface area (Å²) in [5.41, 5.74) is 6.84. The third-order valence-corrected chi connectivity index (χ3v) is 3.39. The van der Waals surface area contributed by atoms with Crippen LogP contribution in [0.25, 0.3) is 0 Å². The average Bonchev–Trinajstić information content (AvgIpc) is 2.86. The van der Waals surface area contributed by atoms with Gasteiger partial charge < -0.3 is 15.8 Å². The Morgan fingerprint density at radius 1 is 1.55 bits per heavy atom. The number of methoxy groups -OCH3 is 1. The van der Waals surface area contributed by atoms with Gasteiger partial charge in [-0.05, 0) is 41.6 Å². The topological polar surface area (TPSA) is 82.2 Å². The lowest BCUT2D eigenvalue weighted by molar-refractivity contribution is -0.119. The first-order valence-electron chi connectivity index (χ1n) is 5.95. The normalized spacial score (nSPS) is 11.9. The number of ether oxygens (including phenoxy) is 1. The molecule has 1 amide bonds. The fourth-order valence-corrected chi connectivity index (χ4v) is 2.10. The van der Waals surface area contributed by atoms with Crippen LogP contribution in [0.3, 0.4) is 0 Å². The lowest BCUT2D eigenvalue weighted by atomic mass is 10.2. The molecule has 0 saturated carbocycles. The van der Waals surface area contributed by atoms with Gasteiger partial charge in [0.25, 0.3) is 0 Å². The van der Waals surface area contributed by atoms with Crippen LogP contribution in [-0.4, -0.2) is 22.8 Å². The lowest BCUT2D eigenvalue weighted by Gasteiger charge is -2.15. The van der Waals surface area contributed by atoms with E-state index in [1.807, 2.05) is 6.20 Å². The Morgan fingerprint density at radius 2 is 2.30 bits per heavy atom. The molecule has 1 unspecified atom stereocenters. The highest BCUT2D eigenvalue weighted by atomic mass is 127. The van der Waals surface area contributed by atoms with Crippen LogP contribution in [0, 0.1) is 3.57 Å². The number of amides is 1. The van der Waals surface area contributed by atoms with E-state index in [-0.39, 0.29) is 5.91 Å². The van der Waals surface area contributed by atoms with Gasteiger partial charge in [0.15, 0.2) is 0 Å². The molecule has 1 heterocycles.